The monoisotopic (exact) mass is 316 g/mol. The van der Waals surface area contributed by atoms with E-state index in [9.17, 15) is 9.59 Å². The van der Waals surface area contributed by atoms with Crippen LogP contribution in [0.4, 0.5) is 4.79 Å². The number of carbonyl (C=O) groups excluding carboxylic acids is 1. The number of ether oxygens (including phenoxy) is 1. The molecule has 1 aliphatic heterocycles. The van der Waals surface area contributed by atoms with E-state index in [0.29, 0.717) is 6.54 Å². The average Bonchev–Trinajstić information content (AvgIpc) is 2.94. The van der Waals surface area contributed by atoms with E-state index in [4.69, 9.17) is 9.84 Å². The van der Waals surface area contributed by atoms with E-state index in [1.54, 1.807) is 0 Å². The molecule has 0 aromatic rings. The Labute approximate surface area is 129 Å². The molecule has 0 spiro atoms. The number of carboxylic acids is 1. The van der Waals surface area contributed by atoms with Crippen LogP contribution in [0.15, 0.2) is 0 Å². The Bertz CT molecular complexity index is 385. The Morgan fingerprint density at radius 3 is 2.62 bits per heavy atom. The van der Waals surface area contributed by atoms with Gasteiger partial charge >= 0.3 is 12.0 Å². The second-order valence-electron chi connectivity index (χ2n) is 5.86. The fraction of sp³-hybridized carbons (Fsp3) is 0.857. The third-order valence-electron chi connectivity index (χ3n) is 4.48. The van der Waals surface area contributed by atoms with Crippen molar-refractivity contribution in [1.29, 1.82) is 0 Å². The van der Waals surface area contributed by atoms with E-state index in [1.165, 1.54) is 19.3 Å². The Hall–Kier alpha value is -0.950. The van der Waals surface area contributed by atoms with E-state index in [1.807, 2.05) is 11.8 Å². The molecule has 2 amide bonds. The zero-order valence-corrected chi connectivity index (χ0v) is 13.2. The van der Waals surface area contributed by atoms with E-state index in [-0.39, 0.29) is 24.0 Å². The molecule has 3 N–H and O–H groups in total. The summed E-state index contributed by atoms with van der Waals surface area (Å²) in [6.07, 6.45) is 8.03. The van der Waals surface area contributed by atoms with E-state index in [2.05, 4.69) is 16.9 Å². The summed E-state index contributed by atoms with van der Waals surface area (Å²) in [5.74, 6) is -1.58. The van der Waals surface area contributed by atoms with Crippen LogP contribution in [0.3, 0.4) is 0 Å². The number of carbonyl (C=O) groups is 2. The van der Waals surface area contributed by atoms with Crippen LogP contribution >= 0.6 is 11.8 Å². The largest absolute Gasteiger partial charge is 0.481 e. The van der Waals surface area contributed by atoms with Crippen LogP contribution in [0.2, 0.25) is 0 Å². The van der Waals surface area contributed by atoms with Crippen molar-refractivity contribution in [3.8, 4) is 0 Å². The maximum atomic E-state index is 12.0. The highest BCUT2D eigenvalue weighted by molar-refractivity contribution is 8.00. The molecule has 2 fully saturated rings. The van der Waals surface area contributed by atoms with Crippen molar-refractivity contribution in [2.75, 3.05) is 26.0 Å². The topological polar surface area (TPSA) is 87.7 Å². The molecular formula is C14H24N2O4S. The molecular weight excluding hydrogens is 292 g/mol. The van der Waals surface area contributed by atoms with Gasteiger partial charge in [-0.25, -0.2) is 4.79 Å². The quantitative estimate of drug-likeness (QED) is 0.714. The SMILES string of the molecule is CSC1(CNC(=O)NC2COCC2C(=O)O)CCCCC1. The lowest BCUT2D eigenvalue weighted by atomic mass is 9.88. The van der Waals surface area contributed by atoms with E-state index in [0.717, 1.165) is 12.8 Å². The van der Waals surface area contributed by atoms with Crippen LogP contribution in [-0.2, 0) is 9.53 Å². The minimum atomic E-state index is -0.925. The molecule has 6 nitrogen and oxygen atoms in total. The molecule has 2 rings (SSSR count). The summed E-state index contributed by atoms with van der Waals surface area (Å²) < 4.78 is 5.27. The lowest BCUT2D eigenvalue weighted by molar-refractivity contribution is -0.142. The van der Waals surface area contributed by atoms with Gasteiger partial charge in [0.1, 0.15) is 5.92 Å². The van der Waals surface area contributed by atoms with Crippen LogP contribution in [0, 0.1) is 5.92 Å². The van der Waals surface area contributed by atoms with Gasteiger partial charge in [0.2, 0.25) is 0 Å². The first-order chi connectivity index (χ1) is 10.1. The number of hydrogen-bond acceptors (Lipinski definition) is 4. The number of hydrogen-bond donors (Lipinski definition) is 3. The standard InChI is InChI=1S/C14H24N2O4S/c1-21-14(5-3-2-4-6-14)9-15-13(19)16-11-8-20-7-10(11)12(17)18/h10-11H,2-9H2,1H3,(H,17,18)(H2,15,16,19). The van der Waals surface area contributed by atoms with Gasteiger partial charge in [-0.1, -0.05) is 19.3 Å². The van der Waals surface area contributed by atoms with Crippen LogP contribution in [0.5, 0.6) is 0 Å². The van der Waals surface area contributed by atoms with Crippen LogP contribution < -0.4 is 10.6 Å². The molecule has 1 heterocycles. The molecule has 120 valence electrons. The van der Waals surface area contributed by atoms with Gasteiger partial charge in [-0.3, -0.25) is 4.79 Å². The van der Waals surface area contributed by atoms with Crippen LogP contribution in [0.1, 0.15) is 32.1 Å². The summed E-state index contributed by atoms with van der Waals surface area (Å²) in [6.45, 7) is 1.05. The molecule has 1 saturated heterocycles. The lowest BCUT2D eigenvalue weighted by Gasteiger charge is -2.36. The van der Waals surface area contributed by atoms with Crippen molar-refractivity contribution in [1.82, 2.24) is 10.6 Å². The fourth-order valence-corrected chi connectivity index (χ4v) is 3.96. The maximum Gasteiger partial charge on any atom is 0.315 e. The molecule has 2 unspecified atom stereocenters. The zero-order chi connectivity index (χ0) is 15.3. The van der Waals surface area contributed by atoms with Gasteiger partial charge in [-0.2, -0.15) is 11.8 Å². The number of urea groups is 1. The van der Waals surface area contributed by atoms with Crippen molar-refractivity contribution in [2.24, 2.45) is 5.92 Å². The second kappa shape index (κ2) is 7.35. The first kappa shape index (κ1) is 16.4. The summed E-state index contributed by atoms with van der Waals surface area (Å²) in [7, 11) is 0. The van der Waals surface area contributed by atoms with Crippen molar-refractivity contribution >= 4 is 23.8 Å². The van der Waals surface area contributed by atoms with Gasteiger partial charge in [-0.15, -0.1) is 0 Å². The number of rotatable bonds is 5. The van der Waals surface area contributed by atoms with Gasteiger partial charge in [0.25, 0.3) is 0 Å². The van der Waals surface area contributed by atoms with Gasteiger partial charge in [0, 0.05) is 11.3 Å². The summed E-state index contributed by atoms with van der Waals surface area (Å²) >= 11 is 1.82. The summed E-state index contributed by atoms with van der Waals surface area (Å²) in [6, 6.07) is -0.741. The Morgan fingerprint density at radius 1 is 1.29 bits per heavy atom. The molecule has 2 aliphatic rings. The first-order valence-corrected chi connectivity index (χ1v) is 8.69. The number of carboxylic acid groups (broad SMARTS) is 1. The minimum absolute atomic E-state index is 0.133. The van der Waals surface area contributed by atoms with Gasteiger partial charge in [0.05, 0.1) is 19.3 Å². The molecule has 21 heavy (non-hydrogen) atoms. The van der Waals surface area contributed by atoms with Crippen molar-refractivity contribution in [3.63, 3.8) is 0 Å². The summed E-state index contributed by atoms with van der Waals surface area (Å²) in [4.78, 5) is 23.0. The van der Waals surface area contributed by atoms with Crippen LogP contribution in [0.25, 0.3) is 0 Å². The smallest absolute Gasteiger partial charge is 0.315 e. The number of nitrogens with one attached hydrogen (secondary N) is 2. The molecule has 7 heteroatoms. The Morgan fingerprint density at radius 2 is 2.00 bits per heavy atom. The predicted molar refractivity (Wildman–Crippen MR) is 81.6 cm³/mol. The summed E-state index contributed by atoms with van der Waals surface area (Å²) in [5.41, 5.74) is 0. The number of amides is 2. The van der Waals surface area contributed by atoms with Crippen molar-refractivity contribution < 1.29 is 19.4 Å². The third-order valence-corrected chi connectivity index (χ3v) is 5.90. The average molecular weight is 316 g/mol. The van der Waals surface area contributed by atoms with Crippen molar-refractivity contribution in [3.05, 3.63) is 0 Å². The third kappa shape index (κ3) is 4.26. The highest BCUT2D eigenvalue weighted by Gasteiger charge is 2.36. The van der Waals surface area contributed by atoms with Crippen LogP contribution in [-0.4, -0.2) is 53.9 Å². The summed E-state index contributed by atoms with van der Waals surface area (Å²) in [5, 5.41) is 14.7. The predicted octanol–water partition coefficient (Wildman–Crippen LogP) is 1.45. The normalized spacial score (nSPS) is 28.0. The van der Waals surface area contributed by atoms with Crippen molar-refractivity contribution in [2.45, 2.75) is 42.9 Å². The molecule has 0 aromatic carbocycles. The van der Waals surface area contributed by atoms with E-state index < -0.39 is 17.9 Å². The molecule has 0 radical (unpaired) electrons. The van der Waals surface area contributed by atoms with Gasteiger partial charge < -0.3 is 20.5 Å². The zero-order valence-electron chi connectivity index (χ0n) is 12.4. The number of thioether (sulfide) groups is 1. The fourth-order valence-electron chi connectivity index (χ4n) is 3.05. The molecule has 1 aliphatic carbocycles. The molecule has 1 saturated carbocycles. The van der Waals surface area contributed by atoms with E-state index >= 15 is 0 Å². The maximum absolute atomic E-state index is 12.0. The Kier molecular flexibility index (Phi) is 5.75. The molecule has 0 aromatic heterocycles. The highest BCUT2D eigenvalue weighted by atomic mass is 32.2. The molecule has 0 bridgehead atoms. The molecule has 2 atom stereocenters. The lowest BCUT2D eigenvalue weighted by Crippen LogP contribution is -2.50. The first-order valence-electron chi connectivity index (χ1n) is 7.46. The van der Waals surface area contributed by atoms with Gasteiger partial charge in [-0.05, 0) is 19.1 Å². The Balaban J connectivity index is 1.80. The number of aliphatic carboxylic acids is 1. The highest BCUT2D eigenvalue weighted by Crippen LogP contribution is 2.37. The van der Waals surface area contributed by atoms with Gasteiger partial charge in [0.15, 0.2) is 0 Å². The second-order valence-corrected chi connectivity index (χ2v) is 7.14. The minimum Gasteiger partial charge on any atom is -0.481 e.